The molecule has 3 rings (SSSR count). The summed E-state index contributed by atoms with van der Waals surface area (Å²) in [6.45, 7) is 0.198. The lowest BCUT2D eigenvalue weighted by molar-refractivity contribution is -0.148. The molecule has 3 aromatic rings. The van der Waals surface area contributed by atoms with Crippen LogP contribution in [-0.4, -0.2) is 56.9 Å². The van der Waals surface area contributed by atoms with E-state index in [2.05, 4.69) is 25.6 Å². The Morgan fingerprint density at radius 2 is 2.10 bits per heavy atom. The van der Waals surface area contributed by atoms with Crippen molar-refractivity contribution >= 4 is 16.8 Å². The first-order valence-electron chi connectivity index (χ1n) is 8.37. The largest absolute Gasteiger partial charge is 0.470 e. The zero-order valence-corrected chi connectivity index (χ0v) is 15.4. The number of nitrogens with zero attached hydrogens (tertiary/aromatic N) is 5. The third-order valence-corrected chi connectivity index (χ3v) is 3.96. The molecule has 0 saturated heterocycles. The molecule has 154 valence electrons. The van der Waals surface area contributed by atoms with Crippen LogP contribution in [0, 0.1) is 6.92 Å². The van der Waals surface area contributed by atoms with Gasteiger partial charge in [-0.05, 0) is 19.1 Å². The number of pyridine rings is 1. The average Bonchev–Trinajstić information content (AvgIpc) is 3.08. The van der Waals surface area contributed by atoms with E-state index in [-0.39, 0.29) is 24.0 Å². The lowest BCUT2D eigenvalue weighted by Crippen LogP contribution is -2.34. The molecule has 0 unspecified atom stereocenters. The summed E-state index contributed by atoms with van der Waals surface area (Å²) in [6.07, 6.45) is -0.745. The predicted octanol–water partition coefficient (Wildman–Crippen LogP) is 2.22. The second kappa shape index (κ2) is 7.97. The first-order valence-corrected chi connectivity index (χ1v) is 8.37. The van der Waals surface area contributed by atoms with Gasteiger partial charge < -0.3 is 10.1 Å². The third-order valence-electron chi connectivity index (χ3n) is 3.96. The highest BCUT2D eigenvalue weighted by Gasteiger charge is 2.42. The average molecular weight is 412 g/mol. The van der Waals surface area contributed by atoms with Gasteiger partial charge in [-0.3, -0.25) is 14.5 Å². The number of rotatable bonds is 7. The highest BCUT2D eigenvalue weighted by Crippen LogP contribution is 2.25. The molecule has 12 heteroatoms. The maximum Gasteiger partial charge on any atom is 0.340 e. The third kappa shape index (κ3) is 4.41. The monoisotopic (exact) mass is 412 g/mol. The van der Waals surface area contributed by atoms with Gasteiger partial charge >= 0.3 is 12.3 Å². The summed E-state index contributed by atoms with van der Waals surface area (Å²) in [6, 6.07) is 3.17. The molecule has 0 aliphatic carbocycles. The van der Waals surface area contributed by atoms with Crippen molar-refractivity contribution in [1.82, 2.24) is 30.3 Å². The normalized spacial score (nSPS) is 11.8. The fourth-order valence-corrected chi connectivity index (χ4v) is 2.52. The summed E-state index contributed by atoms with van der Waals surface area (Å²) in [5.41, 5.74) is 1.56. The Bertz CT molecular complexity index is 1040. The summed E-state index contributed by atoms with van der Waals surface area (Å²) < 4.78 is 56.6. The van der Waals surface area contributed by atoms with Crippen molar-refractivity contribution in [3.05, 3.63) is 41.5 Å². The van der Waals surface area contributed by atoms with E-state index in [0.717, 1.165) is 0 Å². The molecule has 29 heavy (non-hydrogen) atoms. The zero-order valence-electron chi connectivity index (χ0n) is 15.4. The van der Waals surface area contributed by atoms with E-state index >= 15 is 0 Å². The van der Waals surface area contributed by atoms with E-state index in [9.17, 15) is 22.4 Å². The highest BCUT2D eigenvalue weighted by molar-refractivity contribution is 6.03. The number of amides is 1. The van der Waals surface area contributed by atoms with Crippen LogP contribution >= 0.6 is 0 Å². The van der Waals surface area contributed by atoms with Crippen LogP contribution in [0.4, 0.5) is 17.6 Å². The highest BCUT2D eigenvalue weighted by atomic mass is 19.3. The molecular formula is C17H16F4N6O2. The Morgan fingerprint density at radius 3 is 2.76 bits per heavy atom. The van der Waals surface area contributed by atoms with E-state index < -0.39 is 19.0 Å². The summed E-state index contributed by atoms with van der Waals surface area (Å²) >= 11 is 0. The van der Waals surface area contributed by atoms with E-state index in [4.69, 9.17) is 4.74 Å². The number of ether oxygens (including phenoxy) is 1. The van der Waals surface area contributed by atoms with Crippen LogP contribution < -0.4 is 10.1 Å². The van der Waals surface area contributed by atoms with Gasteiger partial charge in [-0.25, -0.2) is 8.78 Å². The summed E-state index contributed by atoms with van der Waals surface area (Å²) in [5.74, 6) is -4.89. The molecule has 3 aromatic heterocycles. The van der Waals surface area contributed by atoms with E-state index in [0.29, 0.717) is 22.2 Å². The van der Waals surface area contributed by atoms with Crippen molar-refractivity contribution < 1.29 is 27.1 Å². The van der Waals surface area contributed by atoms with Gasteiger partial charge in [-0.1, -0.05) is 0 Å². The lowest BCUT2D eigenvalue weighted by Gasteiger charge is -2.16. The molecule has 0 aliphatic heterocycles. The van der Waals surface area contributed by atoms with E-state index in [1.54, 1.807) is 12.3 Å². The molecule has 0 aliphatic rings. The number of alkyl halides is 4. The minimum atomic E-state index is -4.28. The van der Waals surface area contributed by atoms with Gasteiger partial charge in [-0.2, -0.15) is 13.9 Å². The number of aryl methyl sites for hydroxylation is 1. The number of carbonyl (C=O) groups is 1. The minimum Gasteiger partial charge on any atom is -0.470 e. The fourth-order valence-electron chi connectivity index (χ4n) is 2.52. The Hall–Kier alpha value is -3.31. The first kappa shape index (κ1) is 20.4. The van der Waals surface area contributed by atoms with Crippen LogP contribution in [0.1, 0.15) is 21.7 Å². The zero-order chi connectivity index (χ0) is 21.2. The number of hydrogen-bond acceptors (Lipinski definition) is 6. The Balaban J connectivity index is 1.77. The molecule has 8 nitrogen and oxygen atoms in total. The molecule has 0 saturated carbocycles. The van der Waals surface area contributed by atoms with Gasteiger partial charge in [-0.15, -0.1) is 10.2 Å². The molecule has 1 amide bonds. The Labute approximate surface area is 161 Å². The SMILES string of the molecule is CNC(=O)c1nccc2nn(Cc3cc(C)c(OCC(F)(F)C(F)F)nn3)cc12. The summed E-state index contributed by atoms with van der Waals surface area (Å²) in [5, 5.41) is 14.9. The quantitative estimate of drug-likeness (QED) is 0.598. The van der Waals surface area contributed by atoms with Crippen molar-refractivity contribution in [2.24, 2.45) is 0 Å². The van der Waals surface area contributed by atoms with Gasteiger partial charge in [0.15, 0.2) is 6.61 Å². The molecule has 0 spiro atoms. The van der Waals surface area contributed by atoms with Crippen LogP contribution in [0.15, 0.2) is 24.5 Å². The maximum atomic E-state index is 13.0. The molecule has 1 N–H and O–H groups in total. The van der Waals surface area contributed by atoms with Crippen molar-refractivity contribution in [3.63, 3.8) is 0 Å². The molecule has 0 radical (unpaired) electrons. The molecule has 3 heterocycles. The fraction of sp³-hybridized carbons (Fsp3) is 0.353. The summed E-state index contributed by atoms with van der Waals surface area (Å²) in [4.78, 5) is 16.0. The number of nitrogens with one attached hydrogen (secondary N) is 1. The van der Waals surface area contributed by atoms with E-state index in [1.165, 1.54) is 30.9 Å². The molecule has 0 aromatic carbocycles. The second-order valence-electron chi connectivity index (χ2n) is 6.17. The van der Waals surface area contributed by atoms with Gasteiger partial charge in [0.1, 0.15) is 5.69 Å². The van der Waals surface area contributed by atoms with Gasteiger partial charge in [0.25, 0.3) is 5.91 Å². The number of hydrogen-bond donors (Lipinski definition) is 1. The van der Waals surface area contributed by atoms with Crippen LogP contribution in [-0.2, 0) is 6.54 Å². The van der Waals surface area contributed by atoms with Crippen molar-refractivity contribution in [2.45, 2.75) is 25.8 Å². The van der Waals surface area contributed by atoms with Crippen LogP contribution in [0.5, 0.6) is 5.88 Å². The maximum absolute atomic E-state index is 13.0. The lowest BCUT2D eigenvalue weighted by atomic mass is 10.2. The Kier molecular flexibility index (Phi) is 5.62. The van der Waals surface area contributed by atoms with Gasteiger partial charge in [0.2, 0.25) is 5.88 Å². The number of fused-ring (bicyclic) bond motifs is 1. The predicted molar refractivity (Wildman–Crippen MR) is 93.2 cm³/mol. The van der Waals surface area contributed by atoms with Crippen LogP contribution in [0.3, 0.4) is 0 Å². The van der Waals surface area contributed by atoms with Gasteiger partial charge in [0, 0.05) is 25.0 Å². The first-order chi connectivity index (χ1) is 13.7. The standard InChI is InChI=1S/C17H16F4N6O2/c1-9-5-10(24-25-15(9)29-8-17(20,21)16(18)19)6-27-7-11-12(26-27)3-4-23-13(11)14(28)22-2/h3-5,7,16H,6,8H2,1-2H3,(H,22,28). The van der Waals surface area contributed by atoms with Gasteiger partial charge in [0.05, 0.1) is 23.1 Å². The number of aromatic nitrogens is 5. The molecular weight excluding hydrogens is 396 g/mol. The number of carbonyl (C=O) groups excluding carboxylic acids is 1. The number of halogens is 4. The van der Waals surface area contributed by atoms with E-state index in [1.807, 2.05) is 0 Å². The van der Waals surface area contributed by atoms with Crippen molar-refractivity contribution in [1.29, 1.82) is 0 Å². The summed E-state index contributed by atoms with van der Waals surface area (Å²) in [7, 11) is 1.49. The smallest absolute Gasteiger partial charge is 0.340 e. The molecule has 0 atom stereocenters. The topological polar surface area (TPSA) is 94.8 Å². The molecule has 0 bridgehead atoms. The van der Waals surface area contributed by atoms with Crippen molar-refractivity contribution in [3.8, 4) is 5.88 Å². The molecule has 0 fully saturated rings. The van der Waals surface area contributed by atoms with Crippen LogP contribution in [0.2, 0.25) is 0 Å². The van der Waals surface area contributed by atoms with Crippen molar-refractivity contribution in [2.75, 3.05) is 13.7 Å². The second-order valence-corrected chi connectivity index (χ2v) is 6.17. The minimum absolute atomic E-state index is 0.170. The van der Waals surface area contributed by atoms with Crippen LogP contribution in [0.25, 0.3) is 10.9 Å². The Morgan fingerprint density at radius 1 is 1.34 bits per heavy atom.